The molecule has 9 nitrogen and oxygen atoms in total. The number of fused-ring (bicyclic) bond motifs is 1. The molecule has 1 aromatic carbocycles. The van der Waals surface area contributed by atoms with Crippen molar-refractivity contribution in [1.82, 2.24) is 15.7 Å². The number of benzene rings is 1. The lowest BCUT2D eigenvalue weighted by molar-refractivity contribution is -0.136. The van der Waals surface area contributed by atoms with Gasteiger partial charge in [0.05, 0.1) is 23.8 Å². The van der Waals surface area contributed by atoms with Gasteiger partial charge in [0.15, 0.2) is 0 Å². The molecule has 2 unspecified atom stereocenters. The number of piperidine rings is 1. The van der Waals surface area contributed by atoms with Crippen LogP contribution in [0.15, 0.2) is 18.2 Å². The monoisotopic (exact) mass is 344 g/mol. The van der Waals surface area contributed by atoms with E-state index in [1.165, 1.54) is 0 Å². The quantitative estimate of drug-likeness (QED) is 0.627. The first-order valence-electron chi connectivity index (χ1n) is 8.01. The van der Waals surface area contributed by atoms with Gasteiger partial charge in [0.25, 0.3) is 11.8 Å². The Balaban J connectivity index is 1.58. The SMILES string of the molecule is O=C1CCC(N2C(=O)c3ccc(NC4CNOC4)cc3C2=O)C(=O)N1. The summed E-state index contributed by atoms with van der Waals surface area (Å²) in [5.74, 6) is -2.03. The van der Waals surface area contributed by atoms with Crippen molar-refractivity contribution >= 4 is 29.3 Å². The molecule has 130 valence electrons. The Morgan fingerprint density at radius 1 is 1.12 bits per heavy atom. The van der Waals surface area contributed by atoms with Crippen LogP contribution >= 0.6 is 0 Å². The molecule has 2 fully saturated rings. The topological polar surface area (TPSA) is 117 Å². The zero-order chi connectivity index (χ0) is 17.6. The number of carbonyl (C=O) groups is 4. The molecular formula is C16H16N4O5. The molecule has 3 aliphatic rings. The zero-order valence-corrected chi connectivity index (χ0v) is 13.2. The second kappa shape index (κ2) is 5.94. The first kappa shape index (κ1) is 15.7. The molecule has 0 spiro atoms. The van der Waals surface area contributed by atoms with E-state index in [4.69, 9.17) is 4.84 Å². The number of rotatable bonds is 3. The summed E-state index contributed by atoms with van der Waals surface area (Å²) in [5.41, 5.74) is 3.97. The van der Waals surface area contributed by atoms with E-state index in [2.05, 4.69) is 16.1 Å². The van der Waals surface area contributed by atoms with Crippen molar-refractivity contribution < 1.29 is 24.0 Å². The second-order valence-corrected chi connectivity index (χ2v) is 6.21. The molecule has 0 saturated carbocycles. The van der Waals surface area contributed by atoms with Crippen molar-refractivity contribution in [3.05, 3.63) is 29.3 Å². The van der Waals surface area contributed by atoms with E-state index in [0.29, 0.717) is 18.8 Å². The number of hydrogen-bond acceptors (Lipinski definition) is 7. The minimum absolute atomic E-state index is 0.0662. The van der Waals surface area contributed by atoms with Crippen LogP contribution in [-0.2, 0) is 14.4 Å². The van der Waals surface area contributed by atoms with Crippen molar-refractivity contribution in [3.63, 3.8) is 0 Å². The number of anilines is 1. The molecule has 0 radical (unpaired) electrons. The smallest absolute Gasteiger partial charge is 0.262 e. The number of amides is 4. The second-order valence-electron chi connectivity index (χ2n) is 6.21. The Hall–Kier alpha value is -2.78. The first-order chi connectivity index (χ1) is 12.0. The molecule has 3 aliphatic heterocycles. The van der Waals surface area contributed by atoms with Crippen LogP contribution in [0.4, 0.5) is 5.69 Å². The van der Waals surface area contributed by atoms with Gasteiger partial charge in [-0.25, -0.2) is 5.48 Å². The Morgan fingerprint density at radius 3 is 2.64 bits per heavy atom. The van der Waals surface area contributed by atoms with E-state index in [1.54, 1.807) is 18.2 Å². The normalized spacial score (nSPS) is 26.0. The summed E-state index contributed by atoms with van der Waals surface area (Å²) in [5, 5.41) is 5.40. The molecule has 9 heteroatoms. The van der Waals surface area contributed by atoms with E-state index in [-0.39, 0.29) is 30.0 Å². The number of hydroxylamine groups is 1. The van der Waals surface area contributed by atoms with Crippen LogP contribution in [0.1, 0.15) is 33.6 Å². The molecule has 0 aliphatic carbocycles. The van der Waals surface area contributed by atoms with Gasteiger partial charge in [-0.3, -0.25) is 34.2 Å². The summed E-state index contributed by atoms with van der Waals surface area (Å²) >= 11 is 0. The zero-order valence-electron chi connectivity index (χ0n) is 13.2. The largest absolute Gasteiger partial charge is 0.379 e. The third-order valence-electron chi connectivity index (χ3n) is 4.53. The van der Waals surface area contributed by atoms with E-state index >= 15 is 0 Å². The summed E-state index contributed by atoms with van der Waals surface area (Å²) in [7, 11) is 0. The van der Waals surface area contributed by atoms with E-state index in [9.17, 15) is 19.2 Å². The molecule has 0 aromatic heterocycles. The maximum absolute atomic E-state index is 12.7. The number of carbonyl (C=O) groups excluding carboxylic acids is 4. The minimum Gasteiger partial charge on any atom is -0.379 e. The fourth-order valence-electron chi connectivity index (χ4n) is 3.27. The predicted molar refractivity (Wildman–Crippen MR) is 84.5 cm³/mol. The highest BCUT2D eigenvalue weighted by Gasteiger charge is 2.44. The standard InChI is InChI=1S/C16H16N4O5/c21-13-4-3-12(14(22)19-13)20-15(23)10-2-1-8(5-11(10)16(20)24)18-9-6-17-25-7-9/h1-2,5,9,12,17-18H,3-4,6-7H2,(H,19,21,22). The molecule has 3 N–H and O–H groups in total. The van der Waals surface area contributed by atoms with Crippen LogP contribution < -0.4 is 16.1 Å². The minimum atomic E-state index is -0.950. The van der Waals surface area contributed by atoms with Crippen LogP contribution in [0, 0.1) is 0 Å². The molecule has 25 heavy (non-hydrogen) atoms. The van der Waals surface area contributed by atoms with Crippen molar-refractivity contribution in [3.8, 4) is 0 Å². The van der Waals surface area contributed by atoms with E-state index < -0.39 is 29.7 Å². The lowest BCUT2D eigenvalue weighted by atomic mass is 10.0. The number of imide groups is 2. The average Bonchev–Trinajstić information content (AvgIpc) is 3.17. The molecule has 4 amide bonds. The Morgan fingerprint density at radius 2 is 1.92 bits per heavy atom. The van der Waals surface area contributed by atoms with Gasteiger partial charge < -0.3 is 5.32 Å². The highest BCUT2D eigenvalue weighted by molar-refractivity contribution is 6.23. The van der Waals surface area contributed by atoms with Gasteiger partial charge in [-0.1, -0.05) is 0 Å². The summed E-state index contributed by atoms with van der Waals surface area (Å²) < 4.78 is 0. The third kappa shape index (κ3) is 2.67. The maximum atomic E-state index is 12.7. The highest BCUT2D eigenvalue weighted by atomic mass is 16.7. The molecule has 1 aromatic rings. The summed E-state index contributed by atoms with van der Waals surface area (Å²) in [6, 6.07) is 4.02. The maximum Gasteiger partial charge on any atom is 0.262 e. The lowest BCUT2D eigenvalue weighted by Gasteiger charge is -2.27. The highest BCUT2D eigenvalue weighted by Crippen LogP contribution is 2.29. The van der Waals surface area contributed by atoms with Crippen molar-refractivity contribution in [2.75, 3.05) is 18.5 Å². The number of hydrogen-bond donors (Lipinski definition) is 3. The van der Waals surface area contributed by atoms with Crippen molar-refractivity contribution in [1.29, 1.82) is 0 Å². The van der Waals surface area contributed by atoms with E-state index in [1.807, 2.05) is 0 Å². The summed E-state index contributed by atoms with van der Waals surface area (Å²) in [6.07, 6.45) is 0.248. The van der Waals surface area contributed by atoms with Gasteiger partial charge in [0.1, 0.15) is 6.04 Å². The fourth-order valence-corrected chi connectivity index (χ4v) is 3.27. The Kier molecular flexibility index (Phi) is 3.74. The van der Waals surface area contributed by atoms with Crippen molar-refractivity contribution in [2.45, 2.75) is 24.9 Å². The molecule has 2 atom stereocenters. The summed E-state index contributed by atoms with van der Waals surface area (Å²) in [6.45, 7) is 1.12. The van der Waals surface area contributed by atoms with E-state index in [0.717, 1.165) is 4.90 Å². The van der Waals surface area contributed by atoms with Crippen molar-refractivity contribution in [2.24, 2.45) is 0 Å². The lowest BCUT2D eigenvalue weighted by Crippen LogP contribution is -2.54. The van der Waals surface area contributed by atoms with Crippen LogP contribution in [0.2, 0.25) is 0 Å². The van der Waals surface area contributed by atoms with Gasteiger partial charge in [-0.15, -0.1) is 0 Å². The molecule has 0 bridgehead atoms. The Labute approximate surface area is 142 Å². The Bertz CT molecular complexity index is 787. The van der Waals surface area contributed by atoms with Crippen LogP contribution in [0.5, 0.6) is 0 Å². The molecule has 3 heterocycles. The number of nitrogens with one attached hydrogen (secondary N) is 3. The first-order valence-corrected chi connectivity index (χ1v) is 8.01. The molecular weight excluding hydrogens is 328 g/mol. The van der Waals surface area contributed by atoms with Crippen LogP contribution in [0.25, 0.3) is 0 Å². The van der Waals surface area contributed by atoms with Gasteiger partial charge >= 0.3 is 0 Å². The van der Waals surface area contributed by atoms with Crippen LogP contribution in [0.3, 0.4) is 0 Å². The van der Waals surface area contributed by atoms with Crippen LogP contribution in [-0.4, -0.2) is 53.8 Å². The average molecular weight is 344 g/mol. The van der Waals surface area contributed by atoms with Gasteiger partial charge in [0.2, 0.25) is 11.8 Å². The third-order valence-corrected chi connectivity index (χ3v) is 4.53. The fraction of sp³-hybridized carbons (Fsp3) is 0.375. The molecule has 4 rings (SSSR count). The predicted octanol–water partition coefficient (Wildman–Crippen LogP) is -0.597. The van der Waals surface area contributed by atoms with Gasteiger partial charge in [0, 0.05) is 18.7 Å². The van der Waals surface area contributed by atoms with Gasteiger partial charge in [-0.05, 0) is 24.6 Å². The summed E-state index contributed by atoms with van der Waals surface area (Å²) in [4.78, 5) is 54.6. The van der Waals surface area contributed by atoms with Gasteiger partial charge in [-0.2, -0.15) is 0 Å². The number of nitrogens with zero attached hydrogens (tertiary/aromatic N) is 1. The molecule has 2 saturated heterocycles.